The predicted octanol–water partition coefficient (Wildman–Crippen LogP) is 1.44. The van der Waals surface area contributed by atoms with Gasteiger partial charge in [-0.2, -0.15) is 30.4 Å². The van der Waals surface area contributed by atoms with Gasteiger partial charge in [0.1, 0.15) is 26.4 Å². The van der Waals surface area contributed by atoms with Crippen molar-refractivity contribution in [1.82, 2.24) is 0 Å². The fourth-order valence-electron chi connectivity index (χ4n) is 2.67. The monoisotopic (exact) mass is 581 g/mol. The van der Waals surface area contributed by atoms with Gasteiger partial charge in [0.2, 0.25) is 0 Å². The number of carbonyl (C=O) groups excluding carboxylic acids is 3. The third-order valence-electron chi connectivity index (χ3n) is 4.41. The van der Waals surface area contributed by atoms with Crippen molar-refractivity contribution in [3.63, 3.8) is 0 Å². The minimum absolute atomic E-state index is 0.0117. The number of esters is 3. The predicted molar refractivity (Wildman–Crippen MR) is 116 cm³/mol. The third kappa shape index (κ3) is 9.99. The van der Waals surface area contributed by atoms with Crippen LogP contribution in [0.1, 0.15) is 10.4 Å². The number of rotatable bonds is 15. The van der Waals surface area contributed by atoms with Gasteiger partial charge in [-0.1, -0.05) is 0 Å². The second kappa shape index (κ2) is 14.2. The molecule has 0 aliphatic rings. The van der Waals surface area contributed by atoms with Gasteiger partial charge in [-0.15, -0.1) is 0 Å². The molecule has 1 unspecified atom stereocenters. The maximum absolute atomic E-state index is 13.7. The van der Waals surface area contributed by atoms with Crippen molar-refractivity contribution in [2.45, 2.75) is 17.5 Å². The van der Waals surface area contributed by atoms with Gasteiger partial charge in [-0.25, -0.2) is 14.4 Å². The van der Waals surface area contributed by atoms with Crippen LogP contribution in [0.3, 0.4) is 0 Å². The fourth-order valence-corrected chi connectivity index (χ4v) is 3.13. The highest BCUT2D eigenvalue weighted by Gasteiger charge is 2.66. The molecule has 12 nitrogen and oxygen atoms in total. The molecule has 0 spiro atoms. The number of anilines is 1. The molecule has 0 saturated carbocycles. The van der Waals surface area contributed by atoms with Crippen molar-refractivity contribution in [3.05, 3.63) is 29.8 Å². The highest BCUT2D eigenvalue weighted by Crippen LogP contribution is 2.38. The molecule has 0 bridgehead atoms. The lowest BCUT2D eigenvalue weighted by Crippen LogP contribution is -2.52. The lowest BCUT2D eigenvalue weighted by atomic mass is 10.2. The van der Waals surface area contributed by atoms with Crippen molar-refractivity contribution < 1.29 is 73.0 Å². The molecule has 0 saturated heterocycles. The summed E-state index contributed by atoms with van der Waals surface area (Å²) in [4.78, 5) is 36.5. The van der Waals surface area contributed by atoms with E-state index < -0.39 is 51.1 Å². The maximum atomic E-state index is 13.7. The fraction of sp³-hybridized carbons (Fsp3) is 0.550. The van der Waals surface area contributed by atoms with Crippen LogP contribution in [0.2, 0.25) is 0 Å². The second-order valence-electron chi connectivity index (χ2n) is 7.20. The number of carbonyl (C=O) groups is 3. The van der Waals surface area contributed by atoms with Crippen LogP contribution in [-0.2, 0) is 43.4 Å². The van der Waals surface area contributed by atoms with Crippen molar-refractivity contribution >= 4 is 33.7 Å². The molecule has 38 heavy (non-hydrogen) atoms. The van der Waals surface area contributed by atoms with Crippen LogP contribution in [-0.4, -0.2) is 102 Å². The molecule has 0 radical (unpaired) electrons. The molecule has 0 aromatic heterocycles. The van der Waals surface area contributed by atoms with Crippen LogP contribution in [0.5, 0.6) is 0 Å². The first-order valence-corrected chi connectivity index (χ1v) is 11.7. The summed E-state index contributed by atoms with van der Waals surface area (Å²) in [5.41, 5.74) is -0.407. The van der Waals surface area contributed by atoms with Gasteiger partial charge >= 0.3 is 39.5 Å². The average Bonchev–Trinajstić information content (AvgIpc) is 2.80. The van der Waals surface area contributed by atoms with E-state index in [-0.39, 0.29) is 45.2 Å². The van der Waals surface area contributed by atoms with Gasteiger partial charge in [-0.3, -0.25) is 4.55 Å². The van der Waals surface area contributed by atoms with Crippen LogP contribution in [0.25, 0.3) is 0 Å². The zero-order chi connectivity index (χ0) is 29.1. The Balaban J connectivity index is 3.05. The number of hydrogen-bond acceptors (Lipinski definition) is 11. The van der Waals surface area contributed by atoms with Crippen LogP contribution in [0.4, 0.5) is 27.6 Å². The molecular formula is C20H24F5NO11S. The van der Waals surface area contributed by atoms with Crippen molar-refractivity contribution in [2.75, 3.05) is 58.6 Å². The topological polar surface area (TPSA) is 155 Å². The van der Waals surface area contributed by atoms with E-state index >= 15 is 0 Å². The van der Waals surface area contributed by atoms with Gasteiger partial charge in [0.25, 0.3) is 6.10 Å². The Kier molecular flexibility index (Phi) is 12.3. The average molecular weight is 581 g/mol. The van der Waals surface area contributed by atoms with Gasteiger partial charge in [0, 0.05) is 19.9 Å². The van der Waals surface area contributed by atoms with E-state index in [4.69, 9.17) is 14.0 Å². The number of methoxy groups -OCH3 is 2. The Labute approximate surface area is 213 Å². The normalized spacial score (nSPS) is 12.9. The molecule has 0 fully saturated rings. The largest absolute Gasteiger partial charge is 0.462 e. The van der Waals surface area contributed by atoms with Crippen molar-refractivity contribution in [1.29, 1.82) is 0 Å². The number of alkyl halides is 5. The summed E-state index contributed by atoms with van der Waals surface area (Å²) in [7, 11) is -4.05. The lowest BCUT2D eigenvalue weighted by Gasteiger charge is -2.26. The first-order valence-electron chi connectivity index (χ1n) is 10.3. The van der Waals surface area contributed by atoms with E-state index in [1.54, 1.807) is 0 Å². The Morgan fingerprint density at radius 2 is 1.34 bits per heavy atom. The highest BCUT2D eigenvalue weighted by molar-refractivity contribution is 7.86. The zero-order valence-corrected chi connectivity index (χ0v) is 20.7. The summed E-state index contributed by atoms with van der Waals surface area (Å²) in [5, 5.41) is -5.88. The Bertz CT molecular complexity index is 1020. The van der Waals surface area contributed by atoms with Crippen molar-refractivity contribution in [2.24, 2.45) is 0 Å². The standard InChI is InChI=1S/C20H24F5NO11S/c1-33-11-15(27)35-9-7-26(8-10-36-16(28)12-34-2)14-5-3-13(4-6-14)17(29)37-18(19(21,22)23)20(24,25)38(30,31)32/h3-6,18H,7-12H2,1-2H3,(H,30,31,32). The van der Waals surface area contributed by atoms with E-state index in [0.29, 0.717) is 0 Å². The summed E-state index contributed by atoms with van der Waals surface area (Å²) in [6.45, 7) is -0.955. The summed E-state index contributed by atoms with van der Waals surface area (Å²) < 4.78 is 119. The number of benzene rings is 1. The molecular weight excluding hydrogens is 557 g/mol. The SMILES string of the molecule is COCC(=O)OCCN(CCOC(=O)COC)c1ccc(C(=O)OC(C(F)(F)F)C(F)(F)S(=O)(=O)O)cc1. The molecule has 1 atom stereocenters. The highest BCUT2D eigenvalue weighted by atomic mass is 32.2. The second-order valence-corrected chi connectivity index (χ2v) is 8.70. The number of ether oxygens (including phenoxy) is 5. The molecule has 18 heteroatoms. The van der Waals surface area contributed by atoms with E-state index in [1.807, 2.05) is 0 Å². The van der Waals surface area contributed by atoms with Gasteiger partial charge in [0.15, 0.2) is 0 Å². The first kappa shape index (κ1) is 32.9. The maximum Gasteiger partial charge on any atom is 0.432 e. The lowest BCUT2D eigenvalue weighted by molar-refractivity contribution is -0.248. The summed E-state index contributed by atoms with van der Waals surface area (Å²) in [5.74, 6) is -3.33. The third-order valence-corrected chi connectivity index (χ3v) is 5.31. The molecule has 1 aromatic carbocycles. The van der Waals surface area contributed by atoms with Crippen LogP contribution >= 0.6 is 0 Å². The van der Waals surface area contributed by atoms with Crippen LogP contribution in [0, 0.1) is 0 Å². The summed E-state index contributed by atoms with van der Waals surface area (Å²) in [6, 6.07) is 4.09. The zero-order valence-electron chi connectivity index (χ0n) is 19.9. The summed E-state index contributed by atoms with van der Waals surface area (Å²) in [6.07, 6.45) is -10.5. The van der Waals surface area contributed by atoms with Crippen LogP contribution < -0.4 is 4.90 Å². The van der Waals surface area contributed by atoms with Gasteiger partial charge in [0.05, 0.1) is 18.7 Å². The number of hydrogen-bond donors (Lipinski definition) is 1. The van der Waals surface area contributed by atoms with E-state index in [9.17, 15) is 44.8 Å². The van der Waals surface area contributed by atoms with Gasteiger partial charge in [-0.05, 0) is 24.3 Å². The van der Waals surface area contributed by atoms with Crippen molar-refractivity contribution in [3.8, 4) is 0 Å². The molecule has 1 rings (SSSR count). The molecule has 0 aliphatic heterocycles. The Morgan fingerprint density at radius 1 is 0.895 bits per heavy atom. The molecule has 0 aliphatic carbocycles. The molecule has 0 amide bonds. The number of nitrogens with zero attached hydrogens (tertiary/aromatic N) is 1. The van der Waals surface area contributed by atoms with Gasteiger partial charge < -0.3 is 28.6 Å². The first-order chi connectivity index (χ1) is 17.5. The minimum atomic E-state index is -6.59. The summed E-state index contributed by atoms with van der Waals surface area (Å²) >= 11 is 0. The molecule has 1 N–H and O–H groups in total. The smallest absolute Gasteiger partial charge is 0.432 e. The van der Waals surface area contributed by atoms with E-state index in [1.165, 1.54) is 19.1 Å². The quantitative estimate of drug-likeness (QED) is 0.138. The van der Waals surface area contributed by atoms with Crippen LogP contribution in [0.15, 0.2) is 24.3 Å². The van der Waals surface area contributed by atoms with E-state index in [2.05, 4.69) is 14.2 Å². The number of halogens is 5. The van der Waals surface area contributed by atoms with E-state index in [0.717, 1.165) is 24.3 Å². The Hall–Kier alpha value is -3.09. The Morgan fingerprint density at radius 3 is 1.71 bits per heavy atom. The minimum Gasteiger partial charge on any atom is -0.462 e. The molecule has 1 aromatic rings. The molecule has 0 heterocycles. The molecule has 216 valence electrons.